The summed E-state index contributed by atoms with van der Waals surface area (Å²) in [6, 6.07) is 7.75. The van der Waals surface area contributed by atoms with Crippen LogP contribution in [-0.4, -0.2) is 22.7 Å². The van der Waals surface area contributed by atoms with E-state index in [-0.39, 0.29) is 0 Å². The monoisotopic (exact) mass is 414 g/mol. The largest absolute Gasteiger partial charge is 0.493 e. The summed E-state index contributed by atoms with van der Waals surface area (Å²) in [4.78, 5) is 9.02. The van der Waals surface area contributed by atoms with Crippen molar-refractivity contribution >= 4 is 0 Å². The summed E-state index contributed by atoms with van der Waals surface area (Å²) in [5.74, 6) is 1.49. The third-order valence-electron chi connectivity index (χ3n) is 5.46. The maximum atomic E-state index is 14.0. The molecule has 0 aliphatic heterocycles. The van der Waals surface area contributed by atoms with Crippen LogP contribution in [0.5, 0.6) is 5.75 Å². The standard InChI is InChI=1S/C26H39FN2O/c1-3-5-7-9-11-13-24(27)18-19-30-25-16-14-23(15-17-25)26-28-20-22(21-29-26)12-10-8-6-4-2/h14-17,20-21,24H,3-13,18-19H2,1-2H3. The molecule has 0 saturated carbocycles. The fraction of sp³-hybridized carbons (Fsp3) is 0.615. The zero-order valence-corrected chi connectivity index (χ0v) is 18.9. The van der Waals surface area contributed by atoms with Crippen LogP contribution < -0.4 is 4.74 Å². The minimum Gasteiger partial charge on any atom is -0.493 e. The van der Waals surface area contributed by atoms with Crippen LogP contribution in [0.25, 0.3) is 11.4 Å². The number of aromatic nitrogens is 2. The predicted molar refractivity (Wildman–Crippen MR) is 124 cm³/mol. The summed E-state index contributed by atoms with van der Waals surface area (Å²) >= 11 is 0. The van der Waals surface area contributed by atoms with Crippen LogP contribution in [0.15, 0.2) is 36.7 Å². The van der Waals surface area contributed by atoms with E-state index in [9.17, 15) is 4.39 Å². The molecule has 0 fully saturated rings. The predicted octanol–water partition coefficient (Wildman–Crippen LogP) is 7.73. The summed E-state index contributed by atoms with van der Waals surface area (Å²) < 4.78 is 19.7. The number of hydrogen-bond donors (Lipinski definition) is 0. The third-order valence-corrected chi connectivity index (χ3v) is 5.46. The molecule has 3 nitrogen and oxygen atoms in total. The van der Waals surface area contributed by atoms with Gasteiger partial charge in [-0.1, -0.05) is 65.2 Å². The topological polar surface area (TPSA) is 35.0 Å². The Morgan fingerprint density at radius 3 is 2.10 bits per heavy atom. The zero-order valence-electron chi connectivity index (χ0n) is 18.9. The van der Waals surface area contributed by atoms with E-state index in [2.05, 4.69) is 23.8 Å². The van der Waals surface area contributed by atoms with E-state index in [1.165, 1.54) is 50.5 Å². The van der Waals surface area contributed by atoms with Crippen molar-refractivity contribution in [2.24, 2.45) is 0 Å². The van der Waals surface area contributed by atoms with Gasteiger partial charge in [0.05, 0.1) is 6.61 Å². The van der Waals surface area contributed by atoms with Crippen LogP contribution >= 0.6 is 0 Å². The van der Waals surface area contributed by atoms with Crippen molar-refractivity contribution in [2.45, 2.75) is 97.1 Å². The fourth-order valence-electron chi connectivity index (χ4n) is 3.51. The fourth-order valence-corrected chi connectivity index (χ4v) is 3.51. The van der Waals surface area contributed by atoms with Crippen molar-refractivity contribution in [3.8, 4) is 17.1 Å². The smallest absolute Gasteiger partial charge is 0.159 e. The van der Waals surface area contributed by atoms with E-state index in [0.29, 0.717) is 19.4 Å². The van der Waals surface area contributed by atoms with Crippen LogP contribution in [0.3, 0.4) is 0 Å². The van der Waals surface area contributed by atoms with Gasteiger partial charge in [0.25, 0.3) is 0 Å². The Kier molecular flexibility index (Phi) is 12.1. The Morgan fingerprint density at radius 2 is 1.43 bits per heavy atom. The van der Waals surface area contributed by atoms with Gasteiger partial charge in [0, 0.05) is 24.4 Å². The van der Waals surface area contributed by atoms with Crippen LogP contribution in [0, 0.1) is 0 Å². The summed E-state index contributed by atoms with van der Waals surface area (Å²) in [6.07, 6.45) is 16.1. The van der Waals surface area contributed by atoms with E-state index >= 15 is 0 Å². The first-order chi connectivity index (χ1) is 14.7. The second kappa shape index (κ2) is 14.9. The molecule has 2 aromatic rings. The molecule has 1 heterocycles. The van der Waals surface area contributed by atoms with Gasteiger partial charge in [-0.15, -0.1) is 0 Å². The van der Waals surface area contributed by atoms with Crippen molar-refractivity contribution in [1.29, 1.82) is 0 Å². The molecular weight excluding hydrogens is 375 g/mol. The van der Waals surface area contributed by atoms with Gasteiger partial charge in [0.1, 0.15) is 11.9 Å². The first-order valence-corrected chi connectivity index (χ1v) is 11.9. The minimum atomic E-state index is -0.764. The van der Waals surface area contributed by atoms with E-state index in [1.807, 2.05) is 36.7 Å². The van der Waals surface area contributed by atoms with Crippen molar-refractivity contribution in [3.05, 3.63) is 42.2 Å². The van der Waals surface area contributed by atoms with Gasteiger partial charge < -0.3 is 4.74 Å². The van der Waals surface area contributed by atoms with Gasteiger partial charge in [-0.25, -0.2) is 14.4 Å². The second-order valence-corrected chi connectivity index (χ2v) is 8.19. The molecule has 0 saturated heterocycles. The van der Waals surface area contributed by atoms with Gasteiger partial charge in [0.2, 0.25) is 0 Å². The number of unbranched alkanes of at least 4 members (excludes halogenated alkanes) is 7. The molecule has 0 spiro atoms. The van der Waals surface area contributed by atoms with Crippen molar-refractivity contribution in [1.82, 2.24) is 9.97 Å². The highest BCUT2D eigenvalue weighted by Crippen LogP contribution is 2.20. The molecule has 0 aliphatic rings. The maximum Gasteiger partial charge on any atom is 0.159 e. The normalized spacial score (nSPS) is 12.1. The Balaban J connectivity index is 1.69. The number of halogens is 1. The van der Waals surface area contributed by atoms with Crippen LogP contribution in [0.1, 0.15) is 90.0 Å². The maximum absolute atomic E-state index is 14.0. The number of nitrogens with zero attached hydrogens (tertiary/aromatic N) is 2. The molecule has 0 N–H and O–H groups in total. The molecule has 1 aromatic carbocycles. The average molecular weight is 415 g/mol. The van der Waals surface area contributed by atoms with E-state index in [0.717, 1.165) is 36.4 Å². The molecule has 0 radical (unpaired) electrons. The van der Waals surface area contributed by atoms with Crippen molar-refractivity contribution in [2.75, 3.05) is 6.61 Å². The van der Waals surface area contributed by atoms with Gasteiger partial charge in [-0.05, 0) is 49.1 Å². The highest BCUT2D eigenvalue weighted by molar-refractivity contribution is 5.55. The third kappa shape index (κ3) is 9.69. The molecule has 1 atom stereocenters. The lowest BCUT2D eigenvalue weighted by Crippen LogP contribution is -2.07. The van der Waals surface area contributed by atoms with E-state index in [1.54, 1.807) is 0 Å². The lowest BCUT2D eigenvalue weighted by molar-refractivity contribution is 0.222. The molecule has 0 bridgehead atoms. The van der Waals surface area contributed by atoms with Gasteiger partial charge in [-0.2, -0.15) is 0 Å². The summed E-state index contributed by atoms with van der Waals surface area (Å²) in [5, 5.41) is 0. The summed E-state index contributed by atoms with van der Waals surface area (Å²) in [6.45, 7) is 4.84. The number of alkyl halides is 1. The summed E-state index contributed by atoms with van der Waals surface area (Å²) in [7, 11) is 0. The molecule has 166 valence electrons. The molecule has 1 unspecified atom stereocenters. The highest BCUT2D eigenvalue weighted by atomic mass is 19.1. The van der Waals surface area contributed by atoms with Crippen molar-refractivity contribution in [3.63, 3.8) is 0 Å². The van der Waals surface area contributed by atoms with Gasteiger partial charge in [-0.3, -0.25) is 0 Å². The number of benzene rings is 1. The summed E-state index contributed by atoms with van der Waals surface area (Å²) in [5.41, 5.74) is 2.16. The minimum absolute atomic E-state index is 0.415. The average Bonchev–Trinajstić information content (AvgIpc) is 2.77. The first kappa shape index (κ1) is 24.3. The van der Waals surface area contributed by atoms with Gasteiger partial charge >= 0.3 is 0 Å². The number of aryl methyl sites for hydroxylation is 1. The number of ether oxygens (including phenoxy) is 1. The molecular formula is C26H39FN2O. The second-order valence-electron chi connectivity index (χ2n) is 8.19. The Bertz CT molecular complexity index is 672. The molecule has 2 rings (SSSR count). The Morgan fingerprint density at radius 1 is 0.800 bits per heavy atom. The van der Waals surface area contributed by atoms with Crippen LogP contribution in [-0.2, 0) is 6.42 Å². The Hall–Kier alpha value is -1.97. The zero-order chi connectivity index (χ0) is 21.4. The number of hydrogen-bond acceptors (Lipinski definition) is 3. The van der Waals surface area contributed by atoms with Crippen molar-refractivity contribution < 1.29 is 9.13 Å². The molecule has 1 aromatic heterocycles. The quantitative estimate of drug-likeness (QED) is 0.264. The SMILES string of the molecule is CCCCCCCC(F)CCOc1ccc(-c2ncc(CCCCCC)cn2)cc1. The molecule has 0 amide bonds. The molecule has 0 aliphatic carbocycles. The van der Waals surface area contributed by atoms with E-state index < -0.39 is 6.17 Å². The molecule has 30 heavy (non-hydrogen) atoms. The Labute approximate surface area is 182 Å². The first-order valence-electron chi connectivity index (χ1n) is 11.9. The van der Waals surface area contributed by atoms with Crippen LogP contribution in [0.4, 0.5) is 4.39 Å². The van der Waals surface area contributed by atoms with E-state index in [4.69, 9.17) is 4.74 Å². The highest BCUT2D eigenvalue weighted by Gasteiger charge is 2.07. The lowest BCUT2D eigenvalue weighted by Gasteiger charge is -2.10. The van der Waals surface area contributed by atoms with Crippen LogP contribution in [0.2, 0.25) is 0 Å². The van der Waals surface area contributed by atoms with Gasteiger partial charge in [0.15, 0.2) is 5.82 Å². The number of rotatable bonds is 16. The molecule has 4 heteroatoms. The lowest BCUT2D eigenvalue weighted by atomic mass is 10.1.